The van der Waals surface area contributed by atoms with Gasteiger partial charge in [0.05, 0.1) is 5.69 Å². The zero-order valence-electron chi connectivity index (χ0n) is 17.3. The van der Waals surface area contributed by atoms with Gasteiger partial charge in [0.25, 0.3) is 0 Å². The molecule has 0 radical (unpaired) electrons. The van der Waals surface area contributed by atoms with Crippen LogP contribution < -0.4 is 5.73 Å². The maximum absolute atomic E-state index is 14.4. The molecule has 0 unspecified atom stereocenters. The third-order valence-corrected chi connectivity index (χ3v) is 5.69. The SMILES string of the molecule is C=C(Cc1c(-c2ccncc2)nc(F)c(F)c1CC)c1cc(C(C)C)cs1.CN. The molecule has 0 saturated heterocycles. The highest BCUT2D eigenvalue weighted by Crippen LogP contribution is 2.34. The smallest absolute Gasteiger partial charge is 0.249 e. The van der Waals surface area contributed by atoms with E-state index in [0.29, 0.717) is 35.6 Å². The van der Waals surface area contributed by atoms with Gasteiger partial charge in [0.2, 0.25) is 5.95 Å². The van der Waals surface area contributed by atoms with Crippen LogP contribution in [0.15, 0.2) is 42.6 Å². The number of allylic oxidation sites excluding steroid dienone is 1. The predicted octanol–water partition coefficient (Wildman–Crippen LogP) is 6.00. The number of nitrogens with two attached hydrogens (primary N) is 1. The van der Waals surface area contributed by atoms with Gasteiger partial charge in [-0.15, -0.1) is 11.3 Å². The van der Waals surface area contributed by atoms with E-state index in [9.17, 15) is 8.78 Å². The van der Waals surface area contributed by atoms with E-state index in [-0.39, 0.29) is 0 Å². The van der Waals surface area contributed by atoms with Crippen molar-refractivity contribution >= 4 is 16.9 Å². The van der Waals surface area contributed by atoms with E-state index in [1.54, 1.807) is 35.9 Å². The first-order valence-electron chi connectivity index (χ1n) is 9.53. The molecule has 3 aromatic heterocycles. The first kappa shape index (κ1) is 22.8. The van der Waals surface area contributed by atoms with Crippen LogP contribution in [0.2, 0.25) is 0 Å². The van der Waals surface area contributed by atoms with Gasteiger partial charge in [-0.25, -0.2) is 9.37 Å². The Morgan fingerprint density at radius 1 is 1.17 bits per heavy atom. The molecule has 6 heteroatoms. The Hall–Kier alpha value is -2.44. The van der Waals surface area contributed by atoms with Crippen LogP contribution in [0, 0.1) is 11.8 Å². The van der Waals surface area contributed by atoms with Crippen LogP contribution in [-0.4, -0.2) is 17.0 Å². The highest BCUT2D eigenvalue weighted by molar-refractivity contribution is 7.11. The fourth-order valence-corrected chi connectivity index (χ4v) is 4.11. The van der Waals surface area contributed by atoms with Crippen LogP contribution in [0.25, 0.3) is 16.8 Å². The molecule has 0 atom stereocenters. The molecule has 29 heavy (non-hydrogen) atoms. The Morgan fingerprint density at radius 2 is 1.83 bits per heavy atom. The Kier molecular flexibility index (Phi) is 8.17. The fourth-order valence-electron chi connectivity index (χ4n) is 3.06. The molecular formula is C23H27F2N3S. The summed E-state index contributed by atoms with van der Waals surface area (Å²) in [5.74, 6) is -1.50. The molecule has 3 rings (SSSR count). The van der Waals surface area contributed by atoms with Gasteiger partial charge in [-0.1, -0.05) is 27.4 Å². The lowest BCUT2D eigenvalue weighted by molar-refractivity contribution is 0.471. The van der Waals surface area contributed by atoms with Crippen molar-refractivity contribution in [3.8, 4) is 11.3 Å². The molecule has 0 amide bonds. The summed E-state index contributed by atoms with van der Waals surface area (Å²) in [5.41, 5.74) is 8.85. The average Bonchev–Trinajstić information content (AvgIpc) is 3.24. The zero-order valence-corrected chi connectivity index (χ0v) is 18.1. The molecule has 2 N–H and O–H groups in total. The summed E-state index contributed by atoms with van der Waals surface area (Å²) in [6.45, 7) is 10.3. The minimum atomic E-state index is -1.06. The second kappa shape index (κ2) is 10.4. The Bertz CT molecular complexity index is 966. The predicted molar refractivity (Wildman–Crippen MR) is 118 cm³/mol. The van der Waals surface area contributed by atoms with Gasteiger partial charge in [0.1, 0.15) is 0 Å². The minimum absolute atomic E-state index is 0.358. The number of halogens is 2. The normalized spacial score (nSPS) is 10.6. The summed E-state index contributed by atoms with van der Waals surface area (Å²) in [5, 5.41) is 2.12. The number of thiophene rings is 1. The van der Waals surface area contributed by atoms with Crippen molar-refractivity contribution in [1.29, 1.82) is 0 Å². The molecule has 3 aromatic rings. The Balaban J connectivity index is 0.00000145. The molecule has 154 valence electrons. The highest BCUT2D eigenvalue weighted by atomic mass is 32.1. The third-order valence-electron chi connectivity index (χ3n) is 4.64. The molecular weight excluding hydrogens is 388 g/mol. The monoisotopic (exact) mass is 415 g/mol. The van der Waals surface area contributed by atoms with E-state index >= 15 is 0 Å². The van der Waals surface area contributed by atoms with Gasteiger partial charge in [-0.05, 0) is 65.2 Å². The topological polar surface area (TPSA) is 51.8 Å². The van der Waals surface area contributed by atoms with E-state index in [0.717, 1.165) is 16.0 Å². The summed E-state index contributed by atoms with van der Waals surface area (Å²) in [6, 6.07) is 5.64. The summed E-state index contributed by atoms with van der Waals surface area (Å²) in [6.07, 6.45) is 4.05. The van der Waals surface area contributed by atoms with Crippen molar-refractivity contribution in [3.63, 3.8) is 0 Å². The molecule has 0 saturated carbocycles. The molecule has 0 aliphatic rings. The summed E-state index contributed by atoms with van der Waals surface area (Å²) < 4.78 is 28.6. The number of pyridine rings is 2. The summed E-state index contributed by atoms with van der Waals surface area (Å²) >= 11 is 1.63. The van der Waals surface area contributed by atoms with Gasteiger partial charge < -0.3 is 5.73 Å². The minimum Gasteiger partial charge on any atom is -0.333 e. The highest BCUT2D eigenvalue weighted by Gasteiger charge is 2.21. The molecule has 3 nitrogen and oxygen atoms in total. The second-order valence-corrected chi connectivity index (χ2v) is 7.70. The molecule has 0 bridgehead atoms. The number of hydrogen-bond acceptors (Lipinski definition) is 4. The first-order chi connectivity index (χ1) is 13.9. The van der Waals surface area contributed by atoms with Crippen LogP contribution >= 0.6 is 11.3 Å². The van der Waals surface area contributed by atoms with Crippen molar-refractivity contribution in [1.82, 2.24) is 9.97 Å². The zero-order chi connectivity index (χ0) is 21.6. The Labute approximate surface area is 175 Å². The van der Waals surface area contributed by atoms with Crippen LogP contribution in [0.5, 0.6) is 0 Å². The lowest BCUT2D eigenvalue weighted by Gasteiger charge is -2.16. The largest absolute Gasteiger partial charge is 0.333 e. The fraction of sp³-hybridized carbons (Fsp3) is 0.304. The van der Waals surface area contributed by atoms with Crippen molar-refractivity contribution in [2.24, 2.45) is 5.73 Å². The van der Waals surface area contributed by atoms with Gasteiger partial charge in [0.15, 0.2) is 5.82 Å². The maximum Gasteiger partial charge on any atom is 0.249 e. The number of hydrogen-bond donors (Lipinski definition) is 1. The number of aromatic nitrogens is 2. The summed E-state index contributed by atoms with van der Waals surface area (Å²) in [4.78, 5) is 8.99. The summed E-state index contributed by atoms with van der Waals surface area (Å²) in [7, 11) is 1.50. The third kappa shape index (κ3) is 5.14. The lowest BCUT2D eigenvalue weighted by atomic mass is 9.93. The van der Waals surface area contributed by atoms with Crippen molar-refractivity contribution in [3.05, 3.63) is 75.9 Å². The van der Waals surface area contributed by atoms with Gasteiger partial charge in [-0.2, -0.15) is 4.39 Å². The van der Waals surface area contributed by atoms with Crippen LogP contribution in [0.4, 0.5) is 8.78 Å². The quantitative estimate of drug-likeness (QED) is 0.502. The molecule has 0 fully saturated rings. The van der Waals surface area contributed by atoms with E-state index in [2.05, 4.69) is 47.6 Å². The van der Waals surface area contributed by atoms with E-state index in [1.807, 2.05) is 6.92 Å². The number of rotatable bonds is 6. The molecule has 0 spiro atoms. The maximum atomic E-state index is 14.4. The van der Waals surface area contributed by atoms with Gasteiger partial charge in [0, 0.05) is 29.3 Å². The van der Waals surface area contributed by atoms with Crippen LogP contribution in [0.1, 0.15) is 48.3 Å². The van der Waals surface area contributed by atoms with E-state index in [4.69, 9.17) is 0 Å². The standard InChI is InChI=1S/C22H22F2N2S.CH5N/c1-5-17-18(10-14(4)19-11-16(12-27-19)13(2)3)21(26-22(24)20(17)23)15-6-8-25-9-7-15;1-2/h6-9,11-13H,4-5,10H2,1-3H3;2H2,1H3. The lowest BCUT2D eigenvalue weighted by Crippen LogP contribution is -2.07. The van der Waals surface area contributed by atoms with E-state index in [1.165, 1.54) is 12.6 Å². The van der Waals surface area contributed by atoms with E-state index < -0.39 is 11.8 Å². The van der Waals surface area contributed by atoms with Crippen molar-refractivity contribution < 1.29 is 8.78 Å². The molecule has 0 aliphatic heterocycles. The van der Waals surface area contributed by atoms with Gasteiger partial charge in [-0.3, -0.25) is 4.98 Å². The van der Waals surface area contributed by atoms with Crippen molar-refractivity contribution in [2.45, 2.75) is 39.5 Å². The van der Waals surface area contributed by atoms with Crippen LogP contribution in [0.3, 0.4) is 0 Å². The van der Waals surface area contributed by atoms with Crippen molar-refractivity contribution in [2.75, 3.05) is 7.05 Å². The molecule has 3 heterocycles. The average molecular weight is 416 g/mol. The van der Waals surface area contributed by atoms with Gasteiger partial charge >= 0.3 is 0 Å². The van der Waals surface area contributed by atoms with Crippen LogP contribution in [-0.2, 0) is 12.8 Å². The first-order valence-corrected chi connectivity index (χ1v) is 10.4. The molecule has 0 aromatic carbocycles. The second-order valence-electron chi connectivity index (χ2n) is 6.79. The number of nitrogens with zero attached hydrogens (tertiary/aromatic N) is 2. The molecule has 0 aliphatic carbocycles. The Morgan fingerprint density at radius 3 is 2.38 bits per heavy atom.